The average Bonchev–Trinajstić information content (AvgIpc) is 2.60. The van der Waals surface area contributed by atoms with Crippen molar-refractivity contribution in [1.82, 2.24) is 4.90 Å². The highest BCUT2D eigenvalue weighted by Gasteiger charge is 2.60. The maximum atomic E-state index is 11.7. The molecule has 5 nitrogen and oxygen atoms in total. The van der Waals surface area contributed by atoms with Crippen molar-refractivity contribution in [3.8, 4) is 0 Å². The van der Waals surface area contributed by atoms with Crippen molar-refractivity contribution in [3.63, 3.8) is 0 Å². The molecule has 0 unspecified atom stereocenters. The lowest BCUT2D eigenvalue weighted by Crippen LogP contribution is -2.37. The maximum Gasteiger partial charge on any atom is 0.410 e. The predicted octanol–water partition coefficient (Wildman–Crippen LogP) is 1.18. The molecule has 0 bridgehead atoms. The van der Waals surface area contributed by atoms with Crippen molar-refractivity contribution < 1.29 is 19.4 Å². The Hall–Kier alpha value is -1.26. The van der Waals surface area contributed by atoms with Gasteiger partial charge in [-0.2, -0.15) is 0 Å². The van der Waals surface area contributed by atoms with Gasteiger partial charge in [-0.3, -0.25) is 4.79 Å². The molecule has 1 N–H and O–H groups in total. The molecular weight excluding hydrogens is 210 g/mol. The van der Waals surface area contributed by atoms with Crippen LogP contribution in [0.4, 0.5) is 4.79 Å². The van der Waals surface area contributed by atoms with E-state index in [-0.39, 0.29) is 23.8 Å². The van der Waals surface area contributed by atoms with Gasteiger partial charge in [-0.05, 0) is 32.6 Å². The van der Waals surface area contributed by atoms with E-state index in [4.69, 9.17) is 9.84 Å². The highest BCUT2D eigenvalue weighted by atomic mass is 16.6. The van der Waals surface area contributed by atoms with Gasteiger partial charge in [0, 0.05) is 13.1 Å². The maximum absolute atomic E-state index is 11.7. The van der Waals surface area contributed by atoms with E-state index in [0.717, 1.165) is 0 Å². The topological polar surface area (TPSA) is 66.8 Å². The number of carbonyl (C=O) groups is 2. The molecule has 90 valence electrons. The van der Waals surface area contributed by atoms with E-state index in [0.29, 0.717) is 13.1 Å². The largest absolute Gasteiger partial charge is 0.481 e. The molecule has 0 spiro atoms. The molecule has 1 saturated heterocycles. The van der Waals surface area contributed by atoms with E-state index < -0.39 is 11.6 Å². The number of amides is 1. The molecule has 1 amide bonds. The standard InChI is InChI=1S/C11H17NO4/c1-11(2,3)16-10(15)12-4-6-7(5-12)8(6)9(13)14/h6-8H,4-5H2,1-3H3,(H,13,14)/t6-,7+,8+. The second-order valence-corrected chi connectivity index (χ2v) is 5.58. The van der Waals surface area contributed by atoms with Crippen LogP contribution in [0.25, 0.3) is 0 Å². The Kier molecular flexibility index (Phi) is 2.36. The molecule has 0 radical (unpaired) electrons. The number of carboxylic acids is 1. The van der Waals surface area contributed by atoms with E-state index in [9.17, 15) is 9.59 Å². The van der Waals surface area contributed by atoms with Gasteiger partial charge < -0.3 is 14.7 Å². The molecule has 2 rings (SSSR count). The Morgan fingerprint density at radius 1 is 1.25 bits per heavy atom. The molecule has 1 aliphatic heterocycles. The fourth-order valence-corrected chi connectivity index (χ4v) is 2.37. The molecule has 2 fully saturated rings. The van der Waals surface area contributed by atoms with Crippen molar-refractivity contribution in [2.24, 2.45) is 17.8 Å². The SMILES string of the molecule is CC(C)(C)OC(=O)N1C[C@@H]2[C@H](C1)[C@H]2C(=O)O. The highest BCUT2D eigenvalue weighted by molar-refractivity contribution is 5.76. The van der Waals surface area contributed by atoms with Gasteiger partial charge in [-0.15, -0.1) is 0 Å². The molecule has 0 aromatic heterocycles. The summed E-state index contributed by atoms with van der Waals surface area (Å²) in [7, 11) is 0. The van der Waals surface area contributed by atoms with Gasteiger partial charge in [0.05, 0.1) is 5.92 Å². The Labute approximate surface area is 94.4 Å². The molecule has 0 aromatic rings. The summed E-state index contributed by atoms with van der Waals surface area (Å²) in [5, 5.41) is 8.84. The van der Waals surface area contributed by atoms with Crippen molar-refractivity contribution >= 4 is 12.1 Å². The Morgan fingerprint density at radius 2 is 1.75 bits per heavy atom. The van der Waals surface area contributed by atoms with Gasteiger partial charge >= 0.3 is 12.1 Å². The van der Waals surface area contributed by atoms with Crippen LogP contribution in [0.2, 0.25) is 0 Å². The minimum absolute atomic E-state index is 0.144. The third-order valence-corrected chi connectivity index (χ3v) is 3.13. The summed E-state index contributed by atoms with van der Waals surface area (Å²) in [6, 6.07) is 0. The van der Waals surface area contributed by atoms with E-state index in [1.165, 1.54) is 0 Å². The lowest BCUT2D eigenvalue weighted by atomic mass is 10.2. The summed E-state index contributed by atoms with van der Waals surface area (Å²) in [6.07, 6.45) is -0.330. The first-order valence-electron chi connectivity index (χ1n) is 5.50. The molecule has 5 heteroatoms. The Balaban J connectivity index is 1.85. The zero-order valence-corrected chi connectivity index (χ0v) is 9.77. The van der Waals surface area contributed by atoms with Gasteiger partial charge in [-0.1, -0.05) is 0 Å². The van der Waals surface area contributed by atoms with Crippen LogP contribution in [0.5, 0.6) is 0 Å². The number of aliphatic carboxylic acids is 1. The van der Waals surface area contributed by atoms with Crippen LogP contribution < -0.4 is 0 Å². The summed E-state index contributed by atoms with van der Waals surface area (Å²) in [4.78, 5) is 24.0. The number of ether oxygens (including phenoxy) is 1. The lowest BCUT2D eigenvalue weighted by Gasteiger charge is -2.25. The second kappa shape index (κ2) is 3.37. The molecule has 1 aliphatic carbocycles. The van der Waals surface area contributed by atoms with E-state index in [1.807, 2.05) is 20.8 Å². The van der Waals surface area contributed by atoms with Crippen molar-refractivity contribution in [3.05, 3.63) is 0 Å². The van der Waals surface area contributed by atoms with Crippen LogP contribution in [-0.2, 0) is 9.53 Å². The average molecular weight is 227 g/mol. The van der Waals surface area contributed by atoms with Gasteiger partial charge in [0.15, 0.2) is 0 Å². The summed E-state index contributed by atoms with van der Waals surface area (Å²) in [5.74, 6) is -0.687. The van der Waals surface area contributed by atoms with Crippen LogP contribution in [-0.4, -0.2) is 40.8 Å². The van der Waals surface area contributed by atoms with Gasteiger partial charge in [-0.25, -0.2) is 4.79 Å². The fraction of sp³-hybridized carbons (Fsp3) is 0.818. The van der Waals surface area contributed by atoms with Gasteiger partial charge in [0.2, 0.25) is 0 Å². The summed E-state index contributed by atoms with van der Waals surface area (Å²) in [6.45, 7) is 6.51. The first kappa shape index (κ1) is 11.2. The number of carboxylic acid groups (broad SMARTS) is 1. The summed E-state index contributed by atoms with van der Waals surface area (Å²) in [5.41, 5.74) is -0.490. The van der Waals surface area contributed by atoms with Crippen LogP contribution in [0.15, 0.2) is 0 Å². The van der Waals surface area contributed by atoms with Crippen LogP contribution >= 0.6 is 0 Å². The molecular formula is C11H17NO4. The number of rotatable bonds is 1. The first-order chi connectivity index (χ1) is 7.29. The van der Waals surface area contributed by atoms with Crippen molar-refractivity contribution in [2.75, 3.05) is 13.1 Å². The van der Waals surface area contributed by atoms with Crippen LogP contribution in [0.1, 0.15) is 20.8 Å². The minimum Gasteiger partial charge on any atom is -0.481 e. The van der Waals surface area contributed by atoms with Crippen molar-refractivity contribution in [2.45, 2.75) is 26.4 Å². The number of nitrogens with zero attached hydrogens (tertiary/aromatic N) is 1. The second-order valence-electron chi connectivity index (χ2n) is 5.58. The van der Waals surface area contributed by atoms with Gasteiger partial charge in [0.1, 0.15) is 5.60 Å². The van der Waals surface area contributed by atoms with E-state index in [1.54, 1.807) is 4.90 Å². The molecule has 0 aromatic carbocycles. The zero-order valence-electron chi connectivity index (χ0n) is 9.77. The first-order valence-corrected chi connectivity index (χ1v) is 5.50. The molecule has 16 heavy (non-hydrogen) atoms. The minimum atomic E-state index is -0.737. The van der Waals surface area contributed by atoms with Crippen molar-refractivity contribution in [1.29, 1.82) is 0 Å². The molecule has 1 heterocycles. The Bertz CT molecular complexity index is 321. The number of hydrogen-bond donors (Lipinski definition) is 1. The fourth-order valence-electron chi connectivity index (χ4n) is 2.37. The zero-order chi connectivity index (χ0) is 12.1. The molecule has 1 saturated carbocycles. The third-order valence-electron chi connectivity index (χ3n) is 3.13. The lowest BCUT2D eigenvalue weighted by molar-refractivity contribution is -0.139. The van der Waals surface area contributed by atoms with Crippen LogP contribution in [0, 0.1) is 17.8 Å². The number of carbonyl (C=O) groups excluding carboxylic acids is 1. The Morgan fingerprint density at radius 3 is 2.12 bits per heavy atom. The summed E-state index contributed by atoms with van der Waals surface area (Å²) >= 11 is 0. The predicted molar refractivity (Wildman–Crippen MR) is 55.9 cm³/mol. The van der Waals surface area contributed by atoms with Gasteiger partial charge in [0.25, 0.3) is 0 Å². The van der Waals surface area contributed by atoms with E-state index in [2.05, 4.69) is 0 Å². The number of fused-ring (bicyclic) bond motifs is 1. The number of likely N-dealkylation sites (tertiary alicyclic amines) is 1. The quantitative estimate of drug-likeness (QED) is 0.730. The number of hydrogen-bond acceptors (Lipinski definition) is 3. The van der Waals surface area contributed by atoms with Crippen LogP contribution in [0.3, 0.4) is 0 Å². The smallest absolute Gasteiger partial charge is 0.410 e. The van der Waals surface area contributed by atoms with E-state index >= 15 is 0 Å². The summed E-state index contributed by atoms with van der Waals surface area (Å²) < 4.78 is 5.23. The highest BCUT2D eigenvalue weighted by Crippen LogP contribution is 2.51. The molecule has 3 atom stereocenters. The molecule has 2 aliphatic rings. The monoisotopic (exact) mass is 227 g/mol. The third kappa shape index (κ3) is 1.99. The number of piperidine rings is 1. The normalized spacial score (nSPS) is 32.2.